The zero-order valence-corrected chi connectivity index (χ0v) is 16.1. The van der Waals surface area contributed by atoms with Crippen LogP contribution in [-0.4, -0.2) is 50.9 Å². The highest BCUT2D eigenvalue weighted by atomic mass is 32.2. The van der Waals surface area contributed by atoms with Crippen molar-refractivity contribution in [3.63, 3.8) is 0 Å². The Morgan fingerprint density at radius 3 is 2.52 bits per heavy atom. The summed E-state index contributed by atoms with van der Waals surface area (Å²) in [7, 11) is -1.88. The molecule has 2 unspecified atom stereocenters. The molecule has 3 heterocycles. The quantitative estimate of drug-likeness (QED) is 0.878. The molecule has 2 bridgehead atoms. The van der Waals surface area contributed by atoms with E-state index in [0.717, 1.165) is 23.6 Å². The first-order valence-corrected chi connectivity index (χ1v) is 11.0. The van der Waals surface area contributed by atoms with Crippen LogP contribution in [0.2, 0.25) is 0 Å². The van der Waals surface area contributed by atoms with E-state index in [1.54, 1.807) is 23.1 Å². The molecule has 2 aromatic rings. The number of anilines is 1. The Morgan fingerprint density at radius 2 is 1.81 bits per heavy atom. The highest BCUT2D eigenvalue weighted by Crippen LogP contribution is 2.42. The lowest BCUT2D eigenvalue weighted by atomic mass is 9.98. The predicted octanol–water partition coefficient (Wildman–Crippen LogP) is 2.09. The van der Waals surface area contributed by atoms with Crippen molar-refractivity contribution in [1.82, 2.24) is 10.2 Å². The molecule has 0 radical (unpaired) electrons. The molecule has 3 aliphatic rings. The number of amides is 1. The zero-order valence-electron chi connectivity index (χ0n) is 15.3. The van der Waals surface area contributed by atoms with Crippen LogP contribution in [0.3, 0.4) is 0 Å². The third kappa shape index (κ3) is 2.56. The Bertz CT molecular complexity index is 1020. The maximum atomic E-state index is 13.1. The van der Waals surface area contributed by atoms with E-state index in [2.05, 4.69) is 5.32 Å². The van der Waals surface area contributed by atoms with Gasteiger partial charge in [-0.1, -0.05) is 24.3 Å². The van der Waals surface area contributed by atoms with Gasteiger partial charge in [-0.3, -0.25) is 9.10 Å². The highest BCUT2D eigenvalue weighted by molar-refractivity contribution is 7.93. The van der Waals surface area contributed by atoms with Crippen LogP contribution in [0.1, 0.15) is 25.7 Å². The van der Waals surface area contributed by atoms with Gasteiger partial charge in [0.25, 0.3) is 10.0 Å². The fraction of sp³-hybridized carbons (Fsp3) is 0.450. The summed E-state index contributed by atoms with van der Waals surface area (Å²) in [6.45, 7) is -0.147. The minimum Gasteiger partial charge on any atom is -0.341 e. The van der Waals surface area contributed by atoms with Crippen molar-refractivity contribution in [3.8, 4) is 0 Å². The molecule has 5 rings (SSSR count). The Hall–Kier alpha value is -2.12. The van der Waals surface area contributed by atoms with Gasteiger partial charge in [-0.25, -0.2) is 8.42 Å². The van der Waals surface area contributed by atoms with Crippen molar-refractivity contribution in [2.45, 2.75) is 48.7 Å². The third-order valence-electron chi connectivity index (χ3n) is 6.35. The summed E-state index contributed by atoms with van der Waals surface area (Å²) in [5.74, 6) is -0.144. The Morgan fingerprint density at radius 1 is 1.15 bits per heavy atom. The van der Waals surface area contributed by atoms with Crippen LogP contribution in [0.25, 0.3) is 10.8 Å². The number of nitrogens with zero attached hydrogens (tertiary/aromatic N) is 2. The molecule has 27 heavy (non-hydrogen) atoms. The second kappa shape index (κ2) is 5.94. The summed E-state index contributed by atoms with van der Waals surface area (Å²) < 4.78 is 27.4. The van der Waals surface area contributed by atoms with Crippen LogP contribution in [0.4, 0.5) is 5.69 Å². The number of rotatable bonds is 3. The lowest BCUT2D eigenvalue weighted by molar-refractivity contribution is -0.131. The number of hydrogen-bond acceptors (Lipinski definition) is 4. The molecule has 3 aliphatic heterocycles. The van der Waals surface area contributed by atoms with Crippen LogP contribution in [0, 0.1) is 0 Å². The first-order chi connectivity index (χ1) is 12.9. The molecule has 2 atom stereocenters. The van der Waals surface area contributed by atoms with Gasteiger partial charge in [-0.15, -0.1) is 0 Å². The smallest absolute Gasteiger partial charge is 0.265 e. The maximum absolute atomic E-state index is 13.1. The molecule has 2 saturated heterocycles. The van der Waals surface area contributed by atoms with E-state index in [-0.39, 0.29) is 18.5 Å². The highest BCUT2D eigenvalue weighted by Gasteiger charge is 2.40. The normalized spacial score (nSPS) is 27.9. The van der Waals surface area contributed by atoms with Crippen molar-refractivity contribution in [2.75, 3.05) is 17.9 Å². The fourth-order valence-corrected chi connectivity index (χ4v) is 6.57. The number of benzene rings is 2. The Labute approximate surface area is 159 Å². The number of piperidine rings is 1. The summed E-state index contributed by atoms with van der Waals surface area (Å²) >= 11 is 0. The van der Waals surface area contributed by atoms with Gasteiger partial charge in [0.2, 0.25) is 5.91 Å². The molecule has 2 fully saturated rings. The first kappa shape index (κ1) is 17.0. The van der Waals surface area contributed by atoms with Crippen molar-refractivity contribution >= 4 is 32.4 Å². The number of likely N-dealkylation sites (N-methyl/N-ethyl adjacent to an activating group) is 1. The van der Waals surface area contributed by atoms with Gasteiger partial charge in [0.05, 0.1) is 10.6 Å². The van der Waals surface area contributed by atoms with E-state index in [1.807, 2.05) is 25.2 Å². The number of nitrogens with one attached hydrogen (secondary N) is 1. The van der Waals surface area contributed by atoms with Crippen molar-refractivity contribution < 1.29 is 13.2 Å². The molecule has 2 aromatic carbocycles. The predicted molar refractivity (Wildman–Crippen MR) is 104 cm³/mol. The lowest BCUT2D eigenvalue weighted by Gasteiger charge is -2.36. The summed E-state index contributed by atoms with van der Waals surface area (Å²) in [5, 5.41) is 5.18. The average molecular weight is 385 g/mol. The molecular weight excluding hydrogens is 362 g/mol. The molecule has 0 aliphatic carbocycles. The van der Waals surface area contributed by atoms with E-state index >= 15 is 0 Å². The molecule has 0 saturated carbocycles. The van der Waals surface area contributed by atoms with Crippen LogP contribution < -0.4 is 9.62 Å². The van der Waals surface area contributed by atoms with Crippen molar-refractivity contribution in [2.24, 2.45) is 0 Å². The number of fused-ring (bicyclic) bond motifs is 2. The Balaban J connectivity index is 1.42. The standard InChI is InChI=1S/C20H23N3O3S/c1-22(16-10-14-8-9-15(11-16)21-14)19(24)12-23-17-6-2-4-13-5-3-7-18(20(13)17)27(23,25)26/h2-7,14-16,21H,8-12H2,1H3. The van der Waals surface area contributed by atoms with Crippen LogP contribution >= 0.6 is 0 Å². The van der Waals surface area contributed by atoms with Gasteiger partial charge >= 0.3 is 0 Å². The molecule has 7 heteroatoms. The van der Waals surface area contributed by atoms with Gasteiger partial charge in [-0.2, -0.15) is 0 Å². The van der Waals surface area contributed by atoms with Crippen LogP contribution in [0.15, 0.2) is 41.3 Å². The van der Waals surface area contributed by atoms with E-state index < -0.39 is 10.0 Å². The van der Waals surface area contributed by atoms with E-state index in [0.29, 0.717) is 22.7 Å². The maximum Gasteiger partial charge on any atom is 0.265 e. The minimum absolute atomic E-state index is 0.144. The SMILES string of the molecule is CN(C(=O)CN1c2cccc3cccc(c23)S1(=O)=O)C1CC2CCC(C1)N2. The molecule has 1 amide bonds. The average Bonchev–Trinajstić information content (AvgIpc) is 3.11. The van der Waals surface area contributed by atoms with Gasteiger partial charge in [0, 0.05) is 30.6 Å². The van der Waals surface area contributed by atoms with Gasteiger partial charge in [0.15, 0.2) is 0 Å². The Kier molecular flexibility index (Phi) is 3.74. The summed E-state index contributed by atoms with van der Waals surface area (Å²) in [4.78, 5) is 15.1. The van der Waals surface area contributed by atoms with Crippen LogP contribution in [0.5, 0.6) is 0 Å². The minimum atomic E-state index is -3.69. The van der Waals surface area contributed by atoms with E-state index in [9.17, 15) is 13.2 Å². The van der Waals surface area contributed by atoms with Crippen molar-refractivity contribution in [3.05, 3.63) is 36.4 Å². The zero-order chi connectivity index (χ0) is 18.8. The fourth-order valence-electron chi connectivity index (χ4n) is 4.91. The van der Waals surface area contributed by atoms with Gasteiger partial charge in [-0.05, 0) is 43.2 Å². The molecule has 142 valence electrons. The lowest BCUT2D eigenvalue weighted by Crippen LogP contribution is -2.51. The molecular formula is C20H23N3O3S. The summed E-state index contributed by atoms with van der Waals surface area (Å²) in [5.41, 5.74) is 0.607. The van der Waals surface area contributed by atoms with E-state index in [1.165, 1.54) is 17.1 Å². The van der Waals surface area contributed by atoms with Gasteiger partial charge < -0.3 is 10.2 Å². The molecule has 1 N–H and O–H groups in total. The molecule has 6 nitrogen and oxygen atoms in total. The summed E-state index contributed by atoms with van der Waals surface area (Å²) in [6, 6.07) is 12.0. The first-order valence-electron chi connectivity index (χ1n) is 9.51. The van der Waals surface area contributed by atoms with Crippen LogP contribution in [-0.2, 0) is 14.8 Å². The topological polar surface area (TPSA) is 69.7 Å². The number of carbonyl (C=O) groups is 1. The van der Waals surface area contributed by atoms with Crippen molar-refractivity contribution in [1.29, 1.82) is 0 Å². The second-order valence-corrected chi connectivity index (χ2v) is 9.74. The monoisotopic (exact) mass is 385 g/mol. The van der Waals surface area contributed by atoms with Gasteiger partial charge in [0.1, 0.15) is 6.54 Å². The molecule has 0 aromatic heterocycles. The number of carbonyl (C=O) groups excluding carboxylic acids is 1. The van der Waals surface area contributed by atoms with E-state index in [4.69, 9.17) is 0 Å². The largest absolute Gasteiger partial charge is 0.341 e. The second-order valence-electron chi connectivity index (χ2n) is 7.91. The number of hydrogen-bond donors (Lipinski definition) is 1. The molecule has 0 spiro atoms. The third-order valence-corrected chi connectivity index (χ3v) is 8.15. The summed E-state index contributed by atoms with van der Waals surface area (Å²) in [6.07, 6.45) is 4.23. The number of sulfonamides is 1.